The van der Waals surface area contributed by atoms with Crippen LogP contribution in [0.25, 0.3) is 0 Å². The lowest BCUT2D eigenvalue weighted by Crippen LogP contribution is -2.56. The fraction of sp³-hybridized carbons (Fsp3) is 0.412. The molecule has 43 heavy (non-hydrogen) atoms. The monoisotopic (exact) mass is 623 g/mol. The first-order chi connectivity index (χ1) is 20.7. The average Bonchev–Trinajstić information content (AvgIpc) is 3.81. The lowest BCUT2D eigenvalue weighted by Gasteiger charge is -2.38. The molecule has 3 aromatic rings. The lowest BCUT2D eigenvalue weighted by molar-refractivity contribution is -0.127. The molecule has 2 amide bonds. The molecule has 2 unspecified atom stereocenters. The number of ether oxygens (including phenoxy) is 2. The van der Waals surface area contributed by atoms with Crippen LogP contribution in [-0.2, 0) is 11.3 Å². The molecule has 3 aromatic carbocycles. The molecule has 9 heteroatoms. The Labute approximate surface area is 263 Å². The van der Waals surface area contributed by atoms with E-state index < -0.39 is 0 Å². The van der Waals surface area contributed by atoms with Gasteiger partial charge in [-0.2, -0.15) is 0 Å². The van der Waals surface area contributed by atoms with Gasteiger partial charge in [-0.1, -0.05) is 52.5 Å². The van der Waals surface area contributed by atoms with Gasteiger partial charge < -0.3 is 20.1 Å². The van der Waals surface area contributed by atoms with E-state index in [1.165, 1.54) is 24.0 Å². The van der Waals surface area contributed by atoms with E-state index in [0.29, 0.717) is 46.2 Å². The highest BCUT2D eigenvalue weighted by Crippen LogP contribution is 2.34. The van der Waals surface area contributed by atoms with Crippen molar-refractivity contribution in [2.45, 2.75) is 58.7 Å². The predicted molar refractivity (Wildman–Crippen MR) is 170 cm³/mol. The summed E-state index contributed by atoms with van der Waals surface area (Å²) in [5.41, 5.74) is 4.90. The molecule has 0 aromatic heterocycles. The summed E-state index contributed by atoms with van der Waals surface area (Å²) < 4.78 is 11.5. The Balaban J connectivity index is 1.14. The van der Waals surface area contributed by atoms with E-state index in [9.17, 15) is 9.59 Å². The number of halogens is 2. The summed E-state index contributed by atoms with van der Waals surface area (Å²) in [6.07, 6.45) is 3.10. The summed E-state index contributed by atoms with van der Waals surface area (Å²) in [7, 11) is 0. The second-order valence-electron chi connectivity index (χ2n) is 11.7. The summed E-state index contributed by atoms with van der Waals surface area (Å²) in [4.78, 5) is 29.1. The number of aryl methyl sites for hydroxylation is 3. The number of nitrogens with one attached hydrogen (secondary N) is 2. The highest BCUT2D eigenvalue weighted by atomic mass is 35.5. The van der Waals surface area contributed by atoms with Gasteiger partial charge >= 0.3 is 0 Å². The zero-order chi connectivity index (χ0) is 30.5. The third kappa shape index (κ3) is 8.43. The van der Waals surface area contributed by atoms with Crippen molar-refractivity contribution >= 4 is 35.0 Å². The first kappa shape index (κ1) is 31.2. The maximum Gasteiger partial charge on any atom is 0.251 e. The molecule has 1 saturated heterocycles. The minimum atomic E-state index is -0.317. The van der Waals surface area contributed by atoms with Crippen molar-refractivity contribution in [3.8, 4) is 11.5 Å². The Morgan fingerprint density at radius 3 is 2.14 bits per heavy atom. The molecule has 0 radical (unpaired) electrons. The Bertz CT molecular complexity index is 1420. The van der Waals surface area contributed by atoms with Gasteiger partial charge in [-0.05, 0) is 87.6 Å². The quantitative estimate of drug-likeness (QED) is 0.246. The number of rotatable bonds is 11. The second-order valence-corrected chi connectivity index (χ2v) is 12.5. The minimum Gasteiger partial charge on any atom is -0.490 e. The third-order valence-electron chi connectivity index (χ3n) is 7.97. The largest absolute Gasteiger partial charge is 0.490 e. The fourth-order valence-electron chi connectivity index (χ4n) is 5.76. The van der Waals surface area contributed by atoms with Crippen molar-refractivity contribution < 1.29 is 19.1 Å². The number of nitrogens with zero attached hydrogens (tertiary/aromatic N) is 1. The van der Waals surface area contributed by atoms with E-state index >= 15 is 0 Å². The molecule has 0 bridgehead atoms. The lowest BCUT2D eigenvalue weighted by atomic mass is 9.90. The van der Waals surface area contributed by atoms with Crippen LogP contribution in [0.4, 0.5) is 0 Å². The maximum atomic E-state index is 13.4. The molecule has 228 valence electrons. The molecular formula is C34H39Cl2N3O4. The van der Waals surface area contributed by atoms with Gasteiger partial charge in [0.25, 0.3) is 5.91 Å². The van der Waals surface area contributed by atoms with Gasteiger partial charge in [0.2, 0.25) is 5.91 Å². The standard InChI is InChI=1S/C34H39Cl2N3O4/c1-21-14-22(2)16-24(15-21)19-37-34(41)28-20-39(26-6-7-26)11-10-31(28)38-33(40)25-4-8-27(9-5-25)42-12-13-43-32-29(35)17-23(3)18-30(32)36/h4-5,8-9,14-18,26,28,31H,6-7,10-13,19-20H2,1-3H3,(H,37,41)(H,38,40). The molecule has 1 aliphatic heterocycles. The van der Waals surface area contributed by atoms with Crippen LogP contribution in [-0.4, -0.2) is 55.1 Å². The average molecular weight is 625 g/mol. The number of carbonyl (C=O) groups excluding carboxylic acids is 2. The summed E-state index contributed by atoms with van der Waals surface area (Å²) >= 11 is 12.5. The van der Waals surface area contributed by atoms with Gasteiger partial charge in [0.1, 0.15) is 19.0 Å². The number of amides is 2. The number of hydrogen-bond donors (Lipinski definition) is 2. The summed E-state index contributed by atoms with van der Waals surface area (Å²) in [6, 6.07) is 17.2. The molecule has 2 atom stereocenters. The highest BCUT2D eigenvalue weighted by molar-refractivity contribution is 6.37. The molecule has 2 aliphatic rings. The molecular weight excluding hydrogens is 585 g/mol. The Hall–Kier alpha value is -3.26. The minimum absolute atomic E-state index is 0.0195. The molecule has 2 fully saturated rings. The van der Waals surface area contributed by atoms with Gasteiger partial charge in [-0.25, -0.2) is 0 Å². The fourth-order valence-corrected chi connectivity index (χ4v) is 6.47. The third-order valence-corrected chi connectivity index (χ3v) is 8.53. The smallest absolute Gasteiger partial charge is 0.251 e. The van der Waals surface area contributed by atoms with E-state index in [1.807, 2.05) is 6.92 Å². The van der Waals surface area contributed by atoms with Gasteiger partial charge in [0.05, 0.1) is 16.0 Å². The van der Waals surface area contributed by atoms with Crippen molar-refractivity contribution in [1.29, 1.82) is 0 Å². The zero-order valence-corrected chi connectivity index (χ0v) is 26.4. The Morgan fingerprint density at radius 2 is 1.49 bits per heavy atom. The molecule has 1 saturated carbocycles. The first-order valence-corrected chi connectivity index (χ1v) is 15.6. The number of piperidine rings is 1. The summed E-state index contributed by atoms with van der Waals surface area (Å²) in [5, 5.41) is 7.21. The maximum absolute atomic E-state index is 13.4. The Morgan fingerprint density at radius 1 is 0.860 bits per heavy atom. The van der Waals surface area contributed by atoms with Crippen LogP contribution in [0.1, 0.15) is 51.9 Å². The van der Waals surface area contributed by atoms with Crippen molar-refractivity contribution in [1.82, 2.24) is 15.5 Å². The molecule has 5 rings (SSSR count). The Kier molecular flexibility index (Phi) is 10.2. The van der Waals surface area contributed by atoms with Crippen LogP contribution in [0.3, 0.4) is 0 Å². The van der Waals surface area contributed by atoms with Crippen LogP contribution in [0, 0.1) is 26.7 Å². The normalized spacial score (nSPS) is 18.6. The van der Waals surface area contributed by atoms with Crippen molar-refractivity contribution in [3.63, 3.8) is 0 Å². The van der Waals surface area contributed by atoms with E-state index in [0.717, 1.165) is 24.1 Å². The van der Waals surface area contributed by atoms with Crippen LogP contribution in [0.15, 0.2) is 54.6 Å². The number of likely N-dealkylation sites (tertiary alicyclic amines) is 1. The van der Waals surface area contributed by atoms with E-state index in [2.05, 4.69) is 47.6 Å². The van der Waals surface area contributed by atoms with Crippen LogP contribution in [0.2, 0.25) is 10.0 Å². The van der Waals surface area contributed by atoms with Gasteiger partial charge in [0, 0.05) is 37.3 Å². The second kappa shape index (κ2) is 14.0. The van der Waals surface area contributed by atoms with Crippen LogP contribution < -0.4 is 20.1 Å². The zero-order valence-electron chi connectivity index (χ0n) is 24.9. The van der Waals surface area contributed by atoms with Crippen molar-refractivity contribution in [2.75, 3.05) is 26.3 Å². The number of benzene rings is 3. The predicted octanol–water partition coefficient (Wildman–Crippen LogP) is 6.28. The first-order valence-electron chi connectivity index (χ1n) is 14.9. The van der Waals surface area contributed by atoms with Crippen molar-refractivity contribution in [2.24, 2.45) is 5.92 Å². The summed E-state index contributed by atoms with van der Waals surface area (Å²) in [6.45, 7) is 8.58. The van der Waals surface area contributed by atoms with Gasteiger partial charge in [-0.15, -0.1) is 0 Å². The van der Waals surface area contributed by atoms with E-state index in [1.54, 1.807) is 36.4 Å². The number of carbonyl (C=O) groups is 2. The topological polar surface area (TPSA) is 79.9 Å². The SMILES string of the molecule is Cc1cc(C)cc(CNC(=O)C2CN(C3CC3)CCC2NC(=O)c2ccc(OCCOc3c(Cl)cc(C)cc3Cl)cc2)c1. The highest BCUT2D eigenvalue weighted by Gasteiger charge is 2.40. The summed E-state index contributed by atoms with van der Waals surface area (Å²) in [5.74, 6) is 0.513. The van der Waals surface area contributed by atoms with Gasteiger partial charge in [-0.3, -0.25) is 14.5 Å². The van der Waals surface area contributed by atoms with Crippen molar-refractivity contribution in [3.05, 3.63) is 92.5 Å². The van der Waals surface area contributed by atoms with Crippen LogP contribution >= 0.6 is 23.2 Å². The van der Waals surface area contributed by atoms with E-state index in [4.69, 9.17) is 32.7 Å². The van der Waals surface area contributed by atoms with Gasteiger partial charge in [0.15, 0.2) is 5.75 Å². The van der Waals surface area contributed by atoms with Crippen LogP contribution in [0.5, 0.6) is 11.5 Å². The molecule has 0 spiro atoms. The number of hydrogen-bond acceptors (Lipinski definition) is 5. The molecule has 1 heterocycles. The molecule has 1 aliphatic carbocycles. The molecule has 2 N–H and O–H groups in total. The molecule has 7 nitrogen and oxygen atoms in total. The van der Waals surface area contributed by atoms with E-state index in [-0.39, 0.29) is 37.0 Å².